The molecule has 3 N–H and O–H groups in total. The molecule has 4 rings (SSSR count). The second kappa shape index (κ2) is 9.90. The molecular formula is C26H32N4O3. The number of aliphatic hydroxyl groups excluding tert-OH is 1. The van der Waals surface area contributed by atoms with Crippen LogP contribution in [0.25, 0.3) is 0 Å². The van der Waals surface area contributed by atoms with E-state index >= 15 is 0 Å². The molecule has 174 valence electrons. The molecule has 1 aromatic carbocycles. The van der Waals surface area contributed by atoms with Crippen molar-refractivity contribution in [1.29, 1.82) is 5.26 Å². The van der Waals surface area contributed by atoms with Crippen LogP contribution in [0.2, 0.25) is 0 Å². The molecule has 0 bridgehead atoms. The Morgan fingerprint density at radius 1 is 1.36 bits per heavy atom. The molecule has 2 heterocycles. The highest BCUT2D eigenvalue weighted by Crippen LogP contribution is 2.48. The van der Waals surface area contributed by atoms with Gasteiger partial charge in [-0.25, -0.2) is 4.98 Å². The van der Waals surface area contributed by atoms with Gasteiger partial charge in [0, 0.05) is 37.7 Å². The first kappa shape index (κ1) is 23.2. The molecule has 0 radical (unpaired) electrons. The van der Waals surface area contributed by atoms with Crippen molar-refractivity contribution in [2.45, 2.75) is 76.2 Å². The summed E-state index contributed by atoms with van der Waals surface area (Å²) in [6.45, 7) is 3.87. The van der Waals surface area contributed by atoms with Gasteiger partial charge in [0.25, 0.3) is 0 Å². The SMILES string of the molecule is CCc1cnc2c(c1)[C@@H](NC[C@@H](O)[C@H](Cc1cccc(C#N)c1)NC(C)=O)CC1(CCC1)O2. The number of hydrogen-bond acceptors (Lipinski definition) is 6. The number of pyridine rings is 1. The average molecular weight is 449 g/mol. The van der Waals surface area contributed by atoms with Gasteiger partial charge < -0.3 is 20.5 Å². The normalized spacial score (nSPS) is 20.0. The summed E-state index contributed by atoms with van der Waals surface area (Å²) in [5.41, 5.74) is 3.49. The molecule has 1 aliphatic heterocycles. The van der Waals surface area contributed by atoms with Crippen LogP contribution in [0.3, 0.4) is 0 Å². The standard InChI is InChI=1S/C26H32N4O3/c1-3-18-11-21-23(13-26(8-5-9-26)33-25(21)29-15-18)28-16-24(32)22(30-17(2)31)12-19-6-4-7-20(10-19)14-27/h4,6-7,10-11,15,22-24,28,32H,3,5,8-9,12-13,16H2,1-2H3,(H,30,31)/t22-,23-,24+/m0/s1. The number of hydrogen-bond donors (Lipinski definition) is 3. The maximum atomic E-state index is 11.8. The van der Waals surface area contributed by atoms with E-state index in [4.69, 9.17) is 10.00 Å². The number of nitrogens with one attached hydrogen (secondary N) is 2. The lowest BCUT2D eigenvalue weighted by Crippen LogP contribution is -2.52. The lowest BCUT2D eigenvalue weighted by Gasteiger charge is -2.47. The van der Waals surface area contributed by atoms with Gasteiger partial charge in [0.05, 0.1) is 23.8 Å². The number of carbonyl (C=O) groups excluding carboxylic acids is 1. The third-order valence-electron chi connectivity index (χ3n) is 6.81. The molecule has 1 amide bonds. The van der Waals surface area contributed by atoms with Crippen LogP contribution in [-0.2, 0) is 17.6 Å². The number of rotatable bonds is 8. The molecule has 1 saturated carbocycles. The largest absolute Gasteiger partial charge is 0.471 e. The fourth-order valence-corrected chi connectivity index (χ4v) is 4.80. The van der Waals surface area contributed by atoms with E-state index in [2.05, 4.69) is 34.7 Å². The van der Waals surface area contributed by atoms with Gasteiger partial charge >= 0.3 is 0 Å². The summed E-state index contributed by atoms with van der Waals surface area (Å²) < 4.78 is 6.30. The van der Waals surface area contributed by atoms with Crippen molar-refractivity contribution in [3.05, 3.63) is 58.8 Å². The number of nitrogens with zero attached hydrogens (tertiary/aromatic N) is 2. The lowest BCUT2D eigenvalue weighted by atomic mass is 9.73. The van der Waals surface area contributed by atoms with Gasteiger partial charge in [-0.15, -0.1) is 0 Å². The van der Waals surface area contributed by atoms with E-state index in [1.807, 2.05) is 18.3 Å². The second-order valence-electron chi connectivity index (χ2n) is 9.29. The Morgan fingerprint density at radius 2 is 2.18 bits per heavy atom. The smallest absolute Gasteiger partial charge is 0.218 e. The van der Waals surface area contributed by atoms with Crippen LogP contribution < -0.4 is 15.4 Å². The Labute approximate surface area is 195 Å². The van der Waals surface area contributed by atoms with E-state index in [9.17, 15) is 9.90 Å². The fraction of sp³-hybridized carbons (Fsp3) is 0.500. The summed E-state index contributed by atoms with van der Waals surface area (Å²) in [6, 6.07) is 11.1. The average Bonchev–Trinajstić information content (AvgIpc) is 2.80. The summed E-state index contributed by atoms with van der Waals surface area (Å²) >= 11 is 0. The molecule has 7 nitrogen and oxygen atoms in total. The third kappa shape index (κ3) is 5.35. The van der Waals surface area contributed by atoms with Crippen LogP contribution in [0.15, 0.2) is 36.5 Å². The highest BCUT2D eigenvalue weighted by Gasteiger charge is 2.46. The molecule has 7 heteroatoms. The maximum Gasteiger partial charge on any atom is 0.218 e. The van der Waals surface area contributed by atoms with E-state index < -0.39 is 12.1 Å². The van der Waals surface area contributed by atoms with E-state index in [1.54, 1.807) is 12.1 Å². The summed E-state index contributed by atoms with van der Waals surface area (Å²) in [5, 5.41) is 26.6. The van der Waals surface area contributed by atoms with Crippen molar-refractivity contribution >= 4 is 5.91 Å². The van der Waals surface area contributed by atoms with Crippen molar-refractivity contribution in [3.8, 4) is 11.9 Å². The fourth-order valence-electron chi connectivity index (χ4n) is 4.80. The Balaban J connectivity index is 1.48. The summed E-state index contributed by atoms with van der Waals surface area (Å²) in [4.78, 5) is 16.4. The summed E-state index contributed by atoms with van der Waals surface area (Å²) in [7, 11) is 0. The Hall–Kier alpha value is -2.95. The summed E-state index contributed by atoms with van der Waals surface area (Å²) in [6.07, 6.45) is 6.46. The van der Waals surface area contributed by atoms with Crippen molar-refractivity contribution in [3.63, 3.8) is 0 Å². The van der Waals surface area contributed by atoms with Gasteiger partial charge in [0.15, 0.2) is 0 Å². The number of aromatic nitrogens is 1. The van der Waals surface area contributed by atoms with Crippen LogP contribution in [0.1, 0.15) is 67.8 Å². The number of nitriles is 1. The quantitative estimate of drug-likeness (QED) is 0.573. The number of benzene rings is 1. The molecular weight excluding hydrogens is 416 g/mol. The van der Waals surface area contributed by atoms with Crippen molar-refractivity contribution < 1.29 is 14.6 Å². The molecule has 2 aromatic rings. The van der Waals surface area contributed by atoms with E-state index in [0.29, 0.717) is 24.4 Å². The zero-order valence-corrected chi connectivity index (χ0v) is 19.3. The molecule has 2 aliphatic rings. The minimum Gasteiger partial charge on any atom is -0.471 e. The number of aryl methyl sites for hydroxylation is 1. The lowest BCUT2D eigenvalue weighted by molar-refractivity contribution is -0.120. The maximum absolute atomic E-state index is 11.8. The van der Waals surface area contributed by atoms with Crippen molar-refractivity contribution in [2.75, 3.05) is 6.54 Å². The number of carbonyl (C=O) groups is 1. The van der Waals surface area contributed by atoms with Gasteiger partial charge in [0.1, 0.15) is 5.60 Å². The van der Waals surface area contributed by atoms with Crippen LogP contribution >= 0.6 is 0 Å². The number of amides is 1. The Bertz CT molecular complexity index is 1040. The molecule has 1 fully saturated rings. The zero-order chi connectivity index (χ0) is 23.4. The number of ether oxygens (including phenoxy) is 1. The minimum absolute atomic E-state index is 0.0302. The van der Waals surface area contributed by atoms with Crippen LogP contribution in [0, 0.1) is 11.3 Å². The monoisotopic (exact) mass is 448 g/mol. The van der Waals surface area contributed by atoms with Gasteiger partial charge in [0.2, 0.25) is 11.8 Å². The molecule has 1 aromatic heterocycles. The first-order chi connectivity index (χ1) is 15.9. The molecule has 3 atom stereocenters. The molecule has 33 heavy (non-hydrogen) atoms. The zero-order valence-electron chi connectivity index (χ0n) is 19.3. The van der Waals surface area contributed by atoms with E-state index in [-0.39, 0.29) is 17.6 Å². The van der Waals surface area contributed by atoms with Gasteiger partial charge in [-0.3, -0.25) is 4.79 Å². The van der Waals surface area contributed by atoms with Gasteiger partial charge in [-0.2, -0.15) is 5.26 Å². The van der Waals surface area contributed by atoms with Gasteiger partial charge in [-0.05, 0) is 61.4 Å². The van der Waals surface area contributed by atoms with Crippen molar-refractivity contribution in [1.82, 2.24) is 15.6 Å². The second-order valence-corrected chi connectivity index (χ2v) is 9.29. The number of aliphatic hydroxyl groups is 1. The number of fused-ring (bicyclic) bond motifs is 1. The molecule has 1 aliphatic carbocycles. The Morgan fingerprint density at radius 3 is 2.85 bits per heavy atom. The minimum atomic E-state index is -0.800. The van der Waals surface area contributed by atoms with E-state index in [1.165, 1.54) is 6.92 Å². The van der Waals surface area contributed by atoms with Crippen molar-refractivity contribution in [2.24, 2.45) is 0 Å². The van der Waals surface area contributed by atoms with Gasteiger partial charge in [-0.1, -0.05) is 19.1 Å². The molecule has 0 saturated heterocycles. The third-order valence-corrected chi connectivity index (χ3v) is 6.81. The summed E-state index contributed by atoms with van der Waals surface area (Å²) in [5.74, 6) is 0.494. The Kier molecular flexibility index (Phi) is 6.96. The van der Waals surface area contributed by atoms with E-state index in [0.717, 1.165) is 48.8 Å². The first-order valence-corrected chi connectivity index (χ1v) is 11.8. The molecule has 0 unspecified atom stereocenters. The van der Waals surface area contributed by atoms with Crippen LogP contribution in [0.5, 0.6) is 5.88 Å². The predicted molar refractivity (Wildman–Crippen MR) is 125 cm³/mol. The predicted octanol–water partition coefficient (Wildman–Crippen LogP) is 2.96. The highest BCUT2D eigenvalue weighted by atomic mass is 16.5. The first-order valence-electron chi connectivity index (χ1n) is 11.8. The highest BCUT2D eigenvalue weighted by molar-refractivity contribution is 5.73. The van der Waals surface area contributed by atoms with Crippen LogP contribution in [0.4, 0.5) is 0 Å². The topological polar surface area (TPSA) is 107 Å². The van der Waals surface area contributed by atoms with Crippen LogP contribution in [-0.4, -0.2) is 40.3 Å². The molecule has 1 spiro atoms.